The summed E-state index contributed by atoms with van der Waals surface area (Å²) in [6.45, 7) is 5.87. The van der Waals surface area contributed by atoms with Crippen molar-refractivity contribution in [3.05, 3.63) is 52.8 Å². The molecule has 7 nitrogen and oxygen atoms in total. The molecule has 2 unspecified atom stereocenters. The Balaban J connectivity index is 1.73. The van der Waals surface area contributed by atoms with Crippen LogP contribution in [0.2, 0.25) is 5.02 Å². The van der Waals surface area contributed by atoms with Gasteiger partial charge >= 0.3 is 0 Å². The van der Waals surface area contributed by atoms with Crippen molar-refractivity contribution in [2.75, 3.05) is 13.2 Å². The minimum atomic E-state index is -0.288. The van der Waals surface area contributed by atoms with E-state index in [2.05, 4.69) is 26.8 Å². The SMILES string of the molecule is CCn1c(C(NC(=O)c2cnc(C)cn2)C2CCOC2)nc2ccc(Cl)cc21. The molecule has 1 saturated heterocycles. The Morgan fingerprint density at radius 1 is 1.39 bits per heavy atom. The van der Waals surface area contributed by atoms with Crippen LogP contribution >= 0.6 is 11.6 Å². The van der Waals surface area contributed by atoms with E-state index in [1.807, 2.05) is 25.1 Å². The van der Waals surface area contributed by atoms with Crippen molar-refractivity contribution in [2.24, 2.45) is 5.92 Å². The van der Waals surface area contributed by atoms with E-state index < -0.39 is 0 Å². The number of amides is 1. The Morgan fingerprint density at radius 3 is 2.93 bits per heavy atom. The smallest absolute Gasteiger partial charge is 0.272 e. The van der Waals surface area contributed by atoms with Gasteiger partial charge in [0.15, 0.2) is 0 Å². The van der Waals surface area contributed by atoms with Crippen molar-refractivity contribution in [3.63, 3.8) is 0 Å². The molecule has 0 spiro atoms. The molecule has 4 rings (SSSR count). The number of aryl methyl sites for hydroxylation is 2. The maximum Gasteiger partial charge on any atom is 0.272 e. The zero-order chi connectivity index (χ0) is 19.7. The number of halogens is 1. The molecule has 1 aliphatic rings. The van der Waals surface area contributed by atoms with Gasteiger partial charge in [0.05, 0.1) is 35.6 Å². The first-order chi connectivity index (χ1) is 13.6. The molecule has 0 saturated carbocycles. The summed E-state index contributed by atoms with van der Waals surface area (Å²) in [7, 11) is 0. The number of imidazole rings is 1. The number of ether oxygens (including phenoxy) is 1. The second-order valence-corrected chi connectivity index (χ2v) is 7.40. The molecular formula is C20H22ClN5O2. The van der Waals surface area contributed by atoms with E-state index in [-0.39, 0.29) is 23.6 Å². The van der Waals surface area contributed by atoms with Crippen molar-refractivity contribution < 1.29 is 9.53 Å². The lowest BCUT2D eigenvalue weighted by atomic mass is 9.98. The number of carbonyl (C=O) groups is 1. The van der Waals surface area contributed by atoms with E-state index in [0.717, 1.165) is 35.5 Å². The number of benzene rings is 1. The molecule has 0 bridgehead atoms. The lowest BCUT2D eigenvalue weighted by Gasteiger charge is -2.24. The predicted molar refractivity (Wildman–Crippen MR) is 106 cm³/mol. The molecule has 2 aromatic heterocycles. The molecular weight excluding hydrogens is 378 g/mol. The Kier molecular flexibility index (Phi) is 5.28. The van der Waals surface area contributed by atoms with Crippen LogP contribution < -0.4 is 5.32 Å². The first-order valence-corrected chi connectivity index (χ1v) is 9.77. The van der Waals surface area contributed by atoms with E-state index in [1.54, 1.807) is 6.20 Å². The summed E-state index contributed by atoms with van der Waals surface area (Å²) in [6.07, 6.45) is 3.94. The standard InChI is InChI=1S/C20H22ClN5O2/c1-3-26-17-8-14(21)4-5-15(17)24-19(26)18(13-6-7-28-11-13)25-20(27)16-10-22-12(2)9-23-16/h4-5,8-10,13,18H,3,6-7,11H2,1-2H3,(H,25,27). The molecule has 8 heteroatoms. The van der Waals surface area contributed by atoms with Crippen LogP contribution in [0.25, 0.3) is 11.0 Å². The molecule has 146 valence electrons. The maximum atomic E-state index is 12.9. The van der Waals surface area contributed by atoms with E-state index in [0.29, 0.717) is 18.2 Å². The Hall–Kier alpha value is -2.51. The highest BCUT2D eigenvalue weighted by molar-refractivity contribution is 6.31. The van der Waals surface area contributed by atoms with Crippen LogP contribution in [0, 0.1) is 12.8 Å². The van der Waals surface area contributed by atoms with Gasteiger partial charge in [0.1, 0.15) is 11.5 Å². The Bertz CT molecular complexity index is 996. The van der Waals surface area contributed by atoms with E-state index in [4.69, 9.17) is 21.3 Å². The summed E-state index contributed by atoms with van der Waals surface area (Å²) in [4.78, 5) is 26.1. The highest BCUT2D eigenvalue weighted by Gasteiger charge is 2.33. The van der Waals surface area contributed by atoms with E-state index in [1.165, 1.54) is 6.20 Å². The zero-order valence-corrected chi connectivity index (χ0v) is 16.6. The first-order valence-electron chi connectivity index (χ1n) is 9.39. The van der Waals surface area contributed by atoms with Gasteiger partial charge < -0.3 is 14.6 Å². The topological polar surface area (TPSA) is 81.9 Å². The molecule has 3 heterocycles. The summed E-state index contributed by atoms with van der Waals surface area (Å²) in [5.41, 5.74) is 2.87. The van der Waals surface area contributed by atoms with Gasteiger partial charge in [-0.1, -0.05) is 11.6 Å². The summed E-state index contributed by atoms with van der Waals surface area (Å²) in [5.74, 6) is 0.681. The molecule has 2 atom stereocenters. The van der Waals surface area contributed by atoms with E-state index in [9.17, 15) is 4.79 Å². The van der Waals surface area contributed by atoms with Gasteiger partial charge in [-0.15, -0.1) is 0 Å². The third-order valence-corrected chi connectivity index (χ3v) is 5.31. The molecule has 1 aliphatic heterocycles. The highest BCUT2D eigenvalue weighted by atomic mass is 35.5. The summed E-state index contributed by atoms with van der Waals surface area (Å²) in [6, 6.07) is 5.36. The van der Waals surface area contributed by atoms with Gasteiger partial charge in [-0.2, -0.15) is 0 Å². The van der Waals surface area contributed by atoms with Gasteiger partial charge in [-0.05, 0) is 38.5 Å². The van der Waals surface area contributed by atoms with Gasteiger partial charge in [-0.3, -0.25) is 9.78 Å². The highest BCUT2D eigenvalue weighted by Crippen LogP contribution is 2.31. The molecule has 1 N–H and O–H groups in total. The zero-order valence-electron chi connectivity index (χ0n) is 15.9. The number of nitrogens with zero attached hydrogens (tertiary/aromatic N) is 4. The van der Waals surface area contributed by atoms with Crippen molar-refractivity contribution in [3.8, 4) is 0 Å². The monoisotopic (exact) mass is 399 g/mol. The fourth-order valence-corrected chi connectivity index (χ4v) is 3.78. The quantitative estimate of drug-likeness (QED) is 0.711. The Labute approximate surface area is 168 Å². The van der Waals surface area contributed by atoms with Crippen molar-refractivity contribution in [2.45, 2.75) is 32.9 Å². The average Bonchev–Trinajstić information content (AvgIpc) is 3.34. The summed E-state index contributed by atoms with van der Waals surface area (Å²) in [5, 5.41) is 3.78. The molecule has 0 aliphatic carbocycles. The average molecular weight is 400 g/mol. The van der Waals surface area contributed by atoms with Crippen LogP contribution in [-0.2, 0) is 11.3 Å². The third kappa shape index (κ3) is 3.59. The molecule has 0 radical (unpaired) electrons. The second kappa shape index (κ2) is 7.85. The minimum absolute atomic E-state index is 0.139. The fourth-order valence-electron chi connectivity index (χ4n) is 3.62. The maximum absolute atomic E-state index is 12.9. The molecule has 1 aromatic carbocycles. The number of carbonyl (C=O) groups excluding carboxylic acids is 1. The molecule has 3 aromatic rings. The van der Waals surface area contributed by atoms with Crippen LogP contribution in [0.5, 0.6) is 0 Å². The summed E-state index contributed by atoms with van der Waals surface area (Å²) < 4.78 is 7.69. The van der Waals surface area contributed by atoms with Crippen LogP contribution in [0.3, 0.4) is 0 Å². The number of aromatic nitrogens is 4. The third-order valence-electron chi connectivity index (χ3n) is 5.07. The van der Waals surface area contributed by atoms with Gasteiger partial charge in [-0.25, -0.2) is 9.97 Å². The largest absolute Gasteiger partial charge is 0.381 e. The predicted octanol–water partition coefficient (Wildman–Crippen LogP) is 3.32. The van der Waals surface area contributed by atoms with Crippen molar-refractivity contribution in [1.82, 2.24) is 24.8 Å². The van der Waals surface area contributed by atoms with Gasteiger partial charge in [0.25, 0.3) is 5.91 Å². The number of rotatable bonds is 5. The van der Waals surface area contributed by atoms with Gasteiger partial charge in [0.2, 0.25) is 0 Å². The van der Waals surface area contributed by atoms with Crippen LogP contribution in [-0.4, -0.2) is 38.6 Å². The number of hydrogen-bond donors (Lipinski definition) is 1. The molecule has 28 heavy (non-hydrogen) atoms. The number of nitrogens with one attached hydrogen (secondary N) is 1. The Morgan fingerprint density at radius 2 is 2.25 bits per heavy atom. The van der Waals surface area contributed by atoms with E-state index >= 15 is 0 Å². The van der Waals surface area contributed by atoms with Crippen LogP contribution in [0.15, 0.2) is 30.6 Å². The van der Waals surface area contributed by atoms with Gasteiger partial charge in [0, 0.05) is 30.3 Å². The van der Waals surface area contributed by atoms with Crippen LogP contribution in [0.4, 0.5) is 0 Å². The molecule has 1 amide bonds. The van der Waals surface area contributed by atoms with Crippen molar-refractivity contribution in [1.29, 1.82) is 0 Å². The molecule has 1 fully saturated rings. The van der Waals surface area contributed by atoms with Crippen molar-refractivity contribution >= 4 is 28.5 Å². The second-order valence-electron chi connectivity index (χ2n) is 6.97. The fraction of sp³-hybridized carbons (Fsp3) is 0.400. The normalized spacial score (nSPS) is 17.8. The summed E-state index contributed by atoms with van der Waals surface area (Å²) >= 11 is 6.19. The lowest BCUT2D eigenvalue weighted by molar-refractivity contribution is 0.0906. The lowest BCUT2D eigenvalue weighted by Crippen LogP contribution is -2.36. The first kappa shape index (κ1) is 18.8. The minimum Gasteiger partial charge on any atom is -0.381 e. The number of fused-ring (bicyclic) bond motifs is 1. The van der Waals surface area contributed by atoms with Crippen LogP contribution in [0.1, 0.15) is 41.4 Å². The number of hydrogen-bond acceptors (Lipinski definition) is 5.